The zero-order valence-electron chi connectivity index (χ0n) is 12.3. The third-order valence-electron chi connectivity index (χ3n) is 4.59. The van der Waals surface area contributed by atoms with Crippen LogP contribution in [-0.2, 0) is 4.79 Å². The maximum Gasteiger partial charge on any atom is 0.308 e. The number of ether oxygens (including phenoxy) is 1. The fourth-order valence-corrected chi connectivity index (χ4v) is 3.28. The molecule has 22 heavy (non-hydrogen) atoms. The molecule has 5 nitrogen and oxygen atoms in total. The lowest BCUT2D eigenvalue weighted by molar-refractivity contribution is -0.142. The molecular weight excluding hydrogens is 289 g/mol. The number of nitrogens with zero attached hydrogens (tertiary/aromatic N) is 1. The number of hydrogen-bond acceptors (Lipinski definition) is 3. The van der Waals surface area contributed by atoms with Crippen LogP contribution in [0, 0.1) is 23.6 Å². The highest BCUT2D eigenvalue weighted by Gasteiger charge is 2.47. The molecule has 1 saturated heterocycles. The minimum Gasteiger partial charge on any atom is -0.496 e. The average Bonchev–Trinajstić information content (AvgIpc) is 3.24. The van der Waals surface area contributed by atoms with Crippen molar-refractivity contribution >= 4 is 11.9 Å². The van der Waals surface area contributed by atoms with Gasteiger partial charge in [0, 0.05) is 13.1 Å². The van der Waals surface area contributed by atoms with Gasteiger partial charge in [0.2, 0.25) is 0 Å². The van der Waals surface area contributed by atoms with Crippen LogP contribution in [0.5, 0.6) is 5.75 Å². The van der Waals surface area contributed by atoms with Gasteiger partial charge in [0.1, 0.15) is 11.6 Å². The zero-order valence-corrected chi connectivity index (χ0v) is 12.3. The van der Waals surface area contributed by atoms with Crippen molar-refractivity contribution in [3.63, 3.8) is 0 Å². The minimum absolute atomic E-state index is 0.000930. The van der Waals surface area contributed by atoms with E-state index in [0.29, 0.717) is 18.2 Å². The van der Waals surface area contributed by atoms with Crippen molar-refractivity contribution in [2.75, 3.05) is 20.2 Å². The number of carbonyl (C=O) groups excluding carboxylic acids is 1. The Bertz CT molecular complexity index is 614. The van der Waals surface area contributed by atoms with Crippen LogP contribution in [0.15, 0.2) is 18.2 Å². The van der Waals surface area contributed by atoms with Gasteiger partial charge in [-0.05, 0) is 42.9 Å². The van der Waals surface area contributed by atoms with Crippen molar-refractivity contribution in [2.45, 2.75) is 12.8 Å². The molecule has 0 spiro atoms. The zero-order chi connectivity index (χ0) is 15.9. The van der Waals surface area contributed by atoms with Gasteiger partial charge in [-0.3, -0.25) is 9.59 Å². The van der Waals surface area contributed by atoms with Gasteiger partial charge >= 0.3 is 5.97 Å². The van der Waals surface area contributed by atoms with E-state index in [9.17, 15) is 19.1 Å². The molecule has 1 saturated carbocycles. The van der Waals surface area contributed by atoms with Gasteiger partial charge in [0.25, 0.3) is 5.91 Å². The van der Waals surface area contributed by atoms with Gasteiger partial charge in [0.15, 0.2) is 0 Å². The van der Waals surface area contributed by atoms with Crippen LogP contribution in [0.25, 0.3) is 0 Å². The van der Waals surface area contributed by atoms with E-state index in [0.717, 1.165) is 18.9 Å². The van der Waals surface area contributed by atoms with Gasteiger partial charge in [-0.25, -0.2) is 4.39 Å². The summed E-state index contributed by atoms with van der Waals surface area (Å²) in [7, 11) is 1.42. The predicted octanol–water partition coefficient (Wildman–Crippen LogP) is 2.02. The number of carboxylic acids is 1. The Morgan fingerprint density at radius 2 is 2.05 bits per heavy atom. The summed E-state index contributed by atoms with van der Waals surface area (Å²) < 4.78 is 18.5. The van der Waals surface area contributed by atoms with Crippen molar-refractivity contribution in [1.29, 1.82) is 0 Å². The van der Waals surface area contributed by atoms with Crippen LogP contribution in [0.2, 0.25) is 0 Å². The lowest BCUT2D eigenvalue weighted by Gasteiger charge is -2.18. The monoisotopic (exact) mass is 307 g/mol. The highest BCUT2D eigenvalue weighted by molar-refractivity contribution is 5.97. The SMILES string of the molecule is COc1ccc(F)cc1C(=O)N1C[C@@H](C(=O)O)[C@H](C2CC2)C1. The molecule has 1 aromatic carbocycles. The maximum absolute atomic E-state index is 13.4. The molecule has 2 aliphatic rings. The Balaban J connectivity index is 1.84. The summed E-state index contributed by atoms with van der Waals surface area (Å²) in [5.41, 5.74) is 0.142. The summed E-state index contributed by atoms with van der Waals surface area (Å²) in [6.45, 7) is 0.592. The van der Waals surface area contributed by atoms with Crippen LogP contribution in [-0.4, -0.2) is 42.1 Å². The number of carboxylic acid groups (broad SMARTS) is 1. The van der Waals surface area contributed by atoms with Crippen molar-refractivity contribution < 1.29 is 23.8 Å². The predicted molar refractivity (Wildman–Crippen MR) is 76.2 cm³/mol. The Morgan fingerprint density at radius 1 is 1.32 bits per heavy atom. The third-order valence-corrected chi connectivity index (χ3v) is 4.59. The van der Waals surface area contributed by atoms with Crippen molar-refractivity contribution in [3.8, 4) is 5.75 Å². The fraction of sp³-hybridized carbons (Fsp3) is 0.500. The summed E-state index contributed by atoms with van der Waals surface area (Å²) in [6, 6.07) is 3.78. The topological polar surface area (TPSA) is 66.8 Å². The first-order valence-corrected chi connectivity index (χ1v) is 7.37. The maximum atomic E-state index is 13.4. The number of benzene rings is 1. The quantitative estimate of drug-likeness (QED) is 0.924. The number of halogens is 1. The highest BCUT2D eigenvalue weighted by Crippen LogP contribution is 2.44. The van der Waals surface area contributed by atoms with Gasteiger partial charge < -0.3 is 14.7 Å². The largest absolute Gasteiger partial charge is 0.496 e. The molecule has 118 valence electrons. The first-order chi connectivity index (χ1) is 10.5. The van der Waals surface area contributed by atoms with Crippen LogP contribution in [0.1, 0.15) is 23.2 Å². The van der Waals surface area contributed by atoms with Gasteiger partial charge in [-0.15, -0.1) is 0 Å². The average molecular weight is 307 g/mol. The van der Waals surface area contributed by atoms with E-state index in [1.165, 1.54) is 24.1 Å². The lowest BCUT2D eigenvalue weighted by Crippen LogP contribution is -2.30. The van der Waals surface area contributed by atoms with E-state index >= 15 is 0 Å². The van der Waals surface area contributed by atoms with E-state index < -0.39 is 17.7 Å². The molecule has 1 N–H and O–H groups in total. The number of methoxy groups -OCH3 is 1. The lowest BCUT2D eigenvalue weighted by atomic mass is 9.92. The molecular formula is C16H18FNO4. The summed E-state index contributed by atoms with van der Waals surface area (Å²) in [5.74, 6) is -1.58. The molecule has 2 fully saturated rings. The summed E-state index contributed by atoms with van der Waals surface area (Å²) in [5, 5.41) is 9.35. The Morgan fingerprint density at radius 3 is 2.64 bits per heavy atom. The second kappa shape index (κ2) is 5.59. The molecule has 0 bridgehead atoms. The van der Waals surface area contributed by atoms with Gasteiger partial charge in [0.05, 0.1) is 18.6 Å². The number of hydrogen-bond donors (Lipinski definition) is 1. The number of rotatable bonds is 4. The fourth-order valence-electron chi connectivity index (χ4n) is 3.28. The number of likely N-dealkylation sites (tertiary alicyclic amines) is 1. The van der Waals surface area contributed by atoms with Crippen molar-refractivity contribution in [3.05, 3.63) is 29.6 Å². The molecule has 1 aliphatic heterocycles. The highest BCUT2D eigenvalue weighted by atomic mass is 19.1. The summed E-state index contributed by atoms with van der Waals surface area (Å²) >= 11 is 0. The van der Waals surface area contributed by atoms with Crippen LogP contribution in [0.4, 0.5) is 4.39 Å². The molecule has 0 unspecified atom stereocenters. The number of aliphatic carboxylic acids is 1. The molecule has 6 heteroatoms. The van der Waals surface area contributed by atoms with E-state index in [1.807, 2.05) is 0 Å². The first kappa shape index (κ1) is 14.8. The Kier molecular flexibility index (Phi) is 3.76. The standard InChI is InChI=1S/C16H18FNO4/c1-22-14-5-4-10(17)6-11(14)15(19)18-7-12(9-2-3-9)13(8-18)16(20)21/h4-6,9,12-13H,2-3,7-8H2,1H3,(H,20,21)/t12-,13+/m0/s1. The molecule has 1 heterocycles. The molecule has 2 atom stereocenters. The molecule has 0 radical (unpaired) electrons. The van der Waals surface area contributed by atoms with E-state index in [2.05, 4.69) is 0 Å². The second-order valence-corrected chi connectivity index (χ2v) is 6.00. The number of carbonyl (C=O) groups is 2. The first-order valence-electron chi connectivity index (χ1n) is 7.37. The van der Waals surface area contributed by atoms with Crippen LogP contribution < -0.4 is 4.74 Å². The van der Waals surface area contributed by atoms with Crippen LogP contribution >= 0.6 is 0 Å². The molecule has 3 rings (SSSR count). The smallest absolute Gasteiger partial charge is 0.308 e. The Labute approximate surface area is 127 Å². The van der Waals surface area contributed by atoms with Gasteiger partial charge in [-0.2, -0.15) is 0 Å². The molecule has 1 aliphatic carbocycles. The van der Waals surface area contributed by atoms with Gasteiger partial charge in [-0.1, -0.05) is 0 Å². The molecule has 0 aromatic heterocycles. The van der Waals surface area contributed by atoms with E-state index in [1.54, 1.807) is 0 Å². The molecule has 1 aromatic rings. The second-order valence-electron chi connectivity index (χ2n) is 6.00. The minimum atomic E-state index is -0.863. The number of amides is 1. The van der Waals surface area contributed by atoms with Crippen molar-refractivity contribution in [2.24, 2.45) is 17.8 Å². The molecule has 1 amide bonds. The van der Waals surface area contributed by atoms with E-state index in [4.69, 9.17) is 4.74 Å². The Hall–Kier alpha value is -2.11. The summed E-state index contributed by atoms with van der Waals surface area (Å²) in [4.78, 5) is 25.5. The normalized spacial score (nSPS) is 24.4. The van der Waals surface area contributed by atoms with E-state index in [-0.39, 0.29) is 23.9 Å². The summed E-state index contributed by atoms with van der Waals surface area (Å²) in [6.07, 6.45) is 2.06. The third kappa shape index (κ3) is 2.65. The van der Waals surface area contributed by atoms with Crippen molar-refractivity contribution in [1.82, 2.24) is 4.90 Å². The van der Waals surface area contributed by atoms with Crippen LogP contribution in [0.3, 0.4) is 0 Å².